The Morgan fingerprint density at radius 3 is 2.43 bits per heavy atom. The van der Waals surface area contributed by atoms with E-state index in [4.69, 9.17) is 23.2 Å². The highest BCUT2D eigenvalue weighted by Crippen LogP contribution is 2.28. The van der Waals surface area contributed by atoms with Gasteiger partial charge in [-0.1, -0.05) is 35.7 Å². The summed E-state index contributed by atoms with van der Waals surface area (Å²) in [4.78, 5) is 12.6. The van der Waals surface area contributed by atoms with E-state index in [1.54, 1.807) is 19.1 Å². The van der Waals surface area contributed by atoms with E-state index in [-0.39, 0.29) is 26.2 Å². The molecule has 2 aromatic carbocycles. The first-order valence-electron chi connectivity index (χ1n) is 8.77. The van der Waals surface area contributed by atoms with Gasteiger partial charge in [0.15, 0.2) is 0 Å². The number of amides is 1. The fraction of sp³-hybridized carbons (Fsp3) is 0.316. The quantitative estimate of drug-likeness (QED) is 0.683. The zero-order chi connectivity index (χ0) is 20.5. The van der Waals surface area contributed by atoms with E-state index in [9.17, 15) is 17.6 Å². The number of nitrogens with zero attached hydrogens (tertiary/aromatic N) is 1. The molecule has 2 aromatic rings. The van der Waals surface area contributed by atoms with Gasteiger partial charge < -0.3 is 5.32 Å². The lowest BCUT2D eigenvalue weighted by Gasteiger charge is -2.26. The topological polar surface area (TPSA) is 66.5 Å². The molecule has 1 fully saturated rings. The number of hydrogen-bond donors (Lipinski definition) is 1. The predicted molar refractivity (Wildman–Crippen MR) is 108 cm³/mol. The molecule has 1 amide bonds. The van der Waals surface area contributed by atoms with Crippen molar-refractivity contribution in [2.75, 3.05) is 18.4 Å². The summed E-state index contributed by atoms with van der Waals surface area (Å²) in [5.74, 6) is -1.43. The van der Waals surface area contributed by atoms with Crippen LogP contribution in [-0.4, -0.2) is 31.7 Å². The van der Waals surface area contributed by atoms with E-state index in [0.717, 1.165) is 31.4 Å². The Morgan fingerprint density at radius 1 is 1.07 bits per heavy atom. The van der Waals surface area contributed by atoms with Crippen molar-refractivity contribution in [1.29, 1.82) is 0 Å². The maximum Gasteiger partial charge on any atom is 0.257 e. The first-order valence-corrected chi connectivity index (χ1v) is 11.0. The van der Waals surface area contributed by atoms with Crippen molar-refractivity contribution in [2.24, 2.45) is 0 Å². The van der Waals surface area contributed by atoms with Crippen LogP contribution in [0, 0.1) is 12.7 Å². The van der Waals surface area contributed by atoms with Crippen LogP contribution in [0.25, 0.3) is 0 Å². The van der Waals surface area contributed by atoms with Crippen LogP contribution < -0.4 is 5.32 Å². The summed E-state index contributed by atoms with van der Waals surface area (Å²) < 4.78 is 41.1. The molecule has 1 N–H and O–H groups in total. The maximum atomic E-state index is 13.7. The lowest BCUT2D eigenvalue weighted by Crippen LogP contribution is -2.36. The molecule has 1 aliphatic heterocycles. The number of carbonyl (C=O) groups excluding carboxylic acids is 1. The van der Waals surface area contributed by atoms with Crippen LogP contribution in [0.15, 0.2) is 35.2 Å². The van der Waals surface area contributed by atoms with Crippen LogP contribution >= 0.6 is 23.2 Å². The highest BCUT2D eigenvalue weighted by atomic mass is 35.5. The second kappa shape index (κ2) is 8.37. The predicted octanol–water partition coefficient (Wildman–Crippen LogP) is 4.87. The summed E-state index contributed by atoms with van der Waals surface area (Å²) in [6.45, 7) is 2.67. The molecular weight excluding hydrogens is 426 g/mol. The summed E-state index contributed by atoms with van der Waals surface area (Å²) in [6, 6.07) is 6.71. The normalized spacial score (nSPS) is 15.4. The Kier molecular flexibility index (Phi) is 6.29. The number of rotatable bonds is 4. The van der Waals surface area contributed by atoms with E-state index < -0.39 is 21.7 Å². The van der Waals surface area contributed by atoms with Gasteiger partial charge in [-0.05, 0) is 49.6 Å². The largest absolute Gasteiger partial charge is 0.322 e. The molecule has 0 bridgehead atoms. The number of hydrogen-bond acceptors (Lipinski definition) is 3. The Morgan fingerprint density at radius 2 is 1.75 bits per heavy atom. The summed E-state index contributed by atoms with van der Waals surface area (Å²) in [5, 5.41) is 2.38. The Hall–Kier alpha value is -1.67. The first-order chi connectivity index (χ1) is 13.2. The fourth-order valence-corrected chi connectivity index (χ4v) is 5.33. The third-order valence-corrected chi connectivity index (χ3v) is 7.28. The Bertz CT molecular complexity index is 1020. The average Bonchev–Trinajstić information content (AvgIpc) is 2.66. The molecule has 1 heterocycles. The van der Waals surface area contributed by atoms with E-state index in [2.05, 4.69) is 5.32 Å². The van der Waals surface area contributed by atoms with Crippen LogP contribution in [0.3, 0.4) is 0 Å². The van der Waals surface area contributed by atoms with Crippen molar-refractivity contribution >= 4 is 44.8 Å². The SMILES string of the molecule is Cc1ccc(NC(=O)c2cc(F)c(Cl)cc2Cl)cc1S(=O)(=O)N1CCCCC1. The minimum Gasteiger partial charge on any atom is -0.322 e. The summed E-state index contributed by atoms with van der Waals surface area (Å²) >= 11 is 11.6. The Labute approximate surface area is 173 Å². The molecule has 0 saturated carbocycles. The zero-order valence-electron chi connectivity index (χ0n) is 15.1. The van der Waals surface area contributed by atoms with Crippen LogP contribution in [0.5, 0.6) is 0 Å². The van der Waals surface area contributed by atoms with Crippen LogP contribution in [-0.2, 0) is 10.0 Å². The zero-order valence-corrected chi connectivity index (χ0v) is 17.5. The van der Waals surface area contributed by atoms with Crippen molar-refractivity contribution in [3.8, 4) is 0 Å². The van der Waals surface area contributed by atoms with E-state index in [0.29, 0.717) is 18.7 Å². The van der Waals surface area contributed by atoms with Gasteiger partial charge in [0.2, 0.25) is 10.0 Å². The van der Waals surface area contributed by atoms with Gasteiger partial charge in [-0.3, -0.25) is 4.79 Å². The van der Waals surface area contributed by atoms with Crippen molar-refractivity contribution in [3.63, 3.8) is 0 Å². The molecule has 0 aliphatic carbocycles. The van der Waals surface area contributed by atoms with Gasteiger partial charge in [0.25, 0.3) is 5.91 Å². The number of benzene rings is 2. The third kappa shape index (κ3) is 4.33. The van der Waals surface area contributed by atoms with Gasteiger partial charge in [0.1, 0.15) is 5.82 Å². The molecule has 5 nitrogen and oxygen atoms in total. The van der Waals surface area contributed by atoms with Crippen molar-refractivity contribution < 1.29 is 17.6 Å². The minimum absolute atomic E-state index is 0.00262. The summed E-state index contributed by atoms with van der Waals surface area (Å²) in [6.07, 6.45) is 2.67. The lowest BCUT2D eigenvalue weighted by molar-refractivity contribution is 0.102. The molecule has 9 heteroatoms. The van der Waals surface area contributed by atoms with Crippen LogP contribution in [0.1, 0.15) is 35.2 Å². The summed E-state index contributed by atoms with van der Waals surface area (Å²) in [7, 11) is -3.66. The minimum atomic E-state index is -3.66. The molecule has 1 aliphatic rings. The lowest BCUT2D eigenvalue weighted by atomic mass is 10.2. The molecular formula is C19H19Cl2FN2O3S. The molecule has 0 spiro atoms. The molecule has 0 unspecified atom stereocenters. The van der Waals surface area contributed by atoms with Gasteiger partial charge >= 0.3 is 0 Å². The standard InChI is InChI=1S/C19H19Cl2FN2O3S/c1-12-5-6-13(9-18(12)28(26,27)24-7-3-2-4-8-24)23-19(25)14-10-17(22)16(21)11-15(14)20/h5-6,9-11H,2-4,7-8H2,1H3,(H,23,25). The van der Waals surface area contributed by atoms with Gasteiger partial charge in [-0.15, -0.1) is 0 Å². The van der Waals surface area contributed by atoms with Crippen molar-refractivity contribution in [3.05, 3.63) is 57.3 Å². The van der Waals surface area contributed by atoms with E-state index in [1.807, 2.05) is 0 Å². The molecule has 150 valence electrons. The number of carbonyl (C=O) groups is 1. The number of anilines is 1. The van der Waals surface area contributed by atoms with E-state index in [1.165, 1.54) is 10.4 Å². The van der Waals surface area contributed by atoms with E-state index >= 15 is 0 Å². The Balaban J connectivity index is 1.89. The molecule has 0 radical (unpaired) electrons. The second-order valence-corrected chi connectivity index (χ2v) is 9.37. The van der Waals surface area contributed by atoms with Crippen LogP contribution in [0.2, 0.25) is 10.0 Å². The van der Waals surface area contributed by atoms with Crippen LogP contribution in [0.4, 0.5) is 10.1 Å². The van der Waals surface area contributed by atoms with Gasteiger partial charge in [0, 0.05) is 18.8 Å². The van der Waals surface area contributed by atoms with Crippen molar-refractivity contribution in [1.82, 2.24) is 4.31 Å². The fourth-order valence-electron chi connectivity index (χ4n) is 3.10. The maximum absolute atomic E-state index is 13.7. The number of piperidine rings is 1. The monoisotopic (exact) mass is 444 g/mol. The van der Waals surface area contributed by atoms with Crippen molar-refractivity contribution in [2.45, 2.75) is 31.1 Å². The number of sulfonamides is 1. The summed E-state index contributed by atoms with van der Waals surface area (Å²) in [5.41, 5.74) is 0.765. The molecule has 0 aromatic heterocycles. The highest BCUT2D eigenvalue weighted by molar-refractivity contribution is 7.89. The molecule has 28 heavy (non-hydrogen) atoms. The second-order valence-electron chi connectivity index (χ2n) is 6.65. The third-order valence-electron chi connectivity index (χ3n) is 4.63. The highest BCUT2D eigenvalue weighted by Gasteiger charge is 2.27. The van der Waals surface area contributed by atoms with Gasteiger partial charge in [-0.2, -0.15) is 4.31 Å². The van der Waals surface area contributed by atoms with Gasteiger partial charge in [0.05, 0.1) is 20.5 Å². The molecule has 1 saturated heterocycles. The number of aryl methyl sites for hydroxylation is 1. The number of nitrogens with one attached hydrogen (secondary N) is 1. The van der Waals surface area contributed by atoms with Gasteiger partial charge in [-0.25, -0.2) is 12.8 Å². The average molecular weight is 445 g/mol. The smallest absolute Gasteiger partial charge is 0.257 e. The first kappa shape index (κ1) is 21.0. The molecule has 3 rings (SSSR count). The molecule has 0 atom stereocenters. The number of halogens is 3.